The van der Waals surface area contributed by atoms with Gasteiger partial charge in [-0.3, -0.25) is 4.79 Å². The molecule has 1 aromatic rings. The summed E-state index contributed by atoms with van der Waals surface area (Å²) in [7, 11) is 1.92. The predicted molar refractivity (Wildman–Crippen MR) is 118 cm³/mol. The van der Waals surface area contributed by atoms with Crippen molar-refractivity contribution in [3.05, 3.63) is 35.4 Å². The van der Waals surface area contributed by atoms with E-state index in [0.29, 0.717) is 5.78 Å². The van der Waals surface area contributed by atoms with Gasteiger partial charge in [0, 0.05) is 27.7 Å². The van der Waals surface area contributed by atoms with Crippen molar-refractivity contribution in [1.82, 2.24) is 0 Å². The molecule has 24 heavy (non-hydrogen) atoms. The first-order chi connectivity index (χ1) is 10.9. The Bertz CT molecular complexity index is 521. The van der Waals surface area contributed by atoms with Crippen LogP contribution in [0.15, 0.2) is 24.3 Å². The second-order valence-electron chi connectivity index (χ2n) is 8.42. The number of rotatable bonds is 7. The monoisotopic (exact) mass is 386 g/mol. The largest absolute Gasteiger partial charge is 0.294 e. The zero-order chi connectivity index (χ0) is 18.5. The first kappa shape index (κ1) is 22.0. The molecule has 4 heteroatoms. The highest BCUT2D eigenvalue weighted by Crippen LogP contribution is 2.36. The highest BCUT2D eigenvalue weighted by Gasteiger charge is 2.24. The van der Waals surface area contributed by atoms with E-state index < -0.39 is 0 Å². The third-order valence-electron chi connectivity index (χ3n) is 3.66. The molecule has 0 amide bonds. The van der Waals surface area contributed by atoms with Crippen LogP contribution in [-0.4, -0.2) is 34.5 Å². The van der Waals surface area contributed by atoms with Gasteiger partial charge in [0.15, 0.2) is 5.78 Å². The summed E-state index contributed by atoms with van der Waals surface area (Å²) in [4.78, 5) is 13.0. The van der Waals surface area contributed by atoms with Crippen molar-refractivity contribution in [2.45, 2.75) is 51.7 Å². The number of thioether (sulfide) groups is 1. The molecule has 0 aliphatic rings. The smallest absolute Gasteiger partial charge is 0.167 e. The molecule has 0 aliphatic heterocycles. The highest BCUT2D eigenvalue weighted by atomic mass is 33.1. The molecule has 0 spiro atoms. The zero-order valence-corrected chi connectivity index (χ0v) is 19.0. The van der Waals surface area contributed by atoms with Crippen molar-refractivity contribution >= 4 is 38.3 Å². The summed E-state index contributed by atoms with van der Waals surface area (Å²) >= 11 is 1.90. The fourth-order valence-corrected chi connectivity index (χ4v) is 5.46. The number of hydrogen-bond acceptors (Lipinski definition) is 3. The third kappa shape index (κ3) is 7.88. The average Bonchev–Trinajstić information content (AvgIpc) is 2.44. The lowest BCUT2D eigenvalue weighted by atomic mass is 9.86. The molecular weight excluding hydrogens is 352 g/mol. The van der Waals surface area contributed by atoms with Gasteiger partial charge in [0.1, 0.15) is 0 Å². The topological polar surface area (TPSA) is 17.1 Å². The molecule has 0 radical (unpaired) electrons. The Kier molecular flexibility index (Phi) is 8.28. The van der Waals surface area contributed by atoms with E-state index >= 15 is 0 Å². The Labute approximate surface area is 159 Å². The van der Waals surface area contributed by atoms with E-state index in [9.17, 15) is 4.79 Å². The predicted octanol–water partition coefficient (Wildman–Crippen LogP) is 6.22. The number of hydrogen-bond donors (Lipinski definition) is 1. The van der Waals surface area contributed by atoms with E-state index in [2.05, 4.69) is 66.2 Å². The van der Waals surface area contributed by atoms with Crippen molar-refractivity contribution in [2.75, 3.05) is 24.0 Å². The molecule has 0 N–H and O–H groups in total. The molecule has 1 aromatic carbocycles. The summed E-state index contributed by atoms with van der Waals surface area (Å²) < 4.78 is 0.197. The van der Waals surface area contributed by atoms with Gasteiger partial charge in [-0.1, -0.05) is 65.8 Å². The summed E-state index contributed by atoms with van der Waals surface area (Å²) in [5.41, 5.74) is 2.26. The van der Waals surface area contributed by atoms with Crippen LogP contribution in [0.5, 0.6) is 0 Å². The summed E-state index contributed by atoms with van der Waals surface area (Å²) in [6.07, 6.45) is 4.52. The van der Waals surface area contributed by atoms with Crippen molar-refractivity contribution in [3.63, 3.8) is 0 Å². The molecule has 0 aromatic heterocycles. The molecule has 1 nitrogen and oxygen atoms in total. The van der Waals surface area contributed by atoms with E-state index in [1.54, 1.807) is 0 Å². The van der Waals surface area contributed by atoms with Gasteiger partial charge < -0.3 is 0 Å². The van der Waals surface area contributed by atoms with Gasteiger partial charge in [-0.25, -0.2) is 9.93 Å². The van der Waals surface area contributed by atoms with Crippen molar-refractivity contribution in [1.29, 1.82) is 0 Å². The van der Waals surface area contributed by atoms with E-state index in [4.69, 9.17) is 0 Å². The van der Waals surface area contributed by atoms with Gasteiger partial charge in [0.05, 0.1) is 0 Å². The quantitative estimate of drug-likeness (QED) is 0.340. The standard InChI is InChI=1S/C20H34OS3/c1-19(2,3)17-11-9-15(10-12-17)18(21)16(14-23-24(7)8)13-22-20(4,5)6/h9-12,16,24H,13-14H2,1-8H3. The zero-order valence-electron chi connectivity index (χ0n) is 16.5. The molecule has 0 saturated heterocycles. The van der Waals surface area contributed by atoms with E-state index in [1.165, 1.54) is 5.56 Å². The Hall–Kier alpha value is -0.0600. The number of ketones is 1. The van der Waals surface area contributed by atoms with Gasteiger partial charge in [-0.2, -0.15) is 11.8 Å². The first-order valence-electron chi connectivity index (χ1n) is 8.49. The Morgan fingerprint density at radius 3 is 1.96 bits per heavy atom. The molecule has 1 unspecified atom stereocenters. The Morgan fingerprint density at radius 2 is 1.54 bits per heavy atom. The van der Waals surface area contributed by atoms with Crippen LogP contribution in [0.2, 0.25) is 0 Å². The number of Topliss-reactive ketones (excluding diaryl/α,β-unsaturated/α-hetero) is 1. The second-order valence-corrected chi connectivity index (χ2v) is 15.4. The van der Waals surface area contributed by atoms with Crippen LogP contribution in [0.1, 0.15) is 57.5 Å². The number of thiol groups is 1. The van der Waals surface area contributed by atoms with Crippen LogP contribution >= 0.6 is 32.5 Å². The van der Waals surface area contributed by atoms with Crippen molar-refractivity contribution in [3.8, 4) is 0 Å². The molecule has 138 valence electrons. The van der Waals surface area contributed by atoms with Gasteiger partial charge in [-0.05, 0) is 23.5 Å². The van der Waals surface area contributed by atoms with Crippen LogP contribution in [0, 0.1) is 5.92 Å². The molecule has 0 saturated carbocycles. The normalized spacial score (nSPS) is 14.4. The van der Waals surface area contributed by atoms with E-state index in [0.717, 1.165) is 17.1 Å². The molecular formula is C20H34OS3. The molecule has 0 bridgehead atoms. The molecule has 1 rings (SSSR count). The fourth-order valence-electron chi connectivity index (χ4n) is 2.16. The van der Waals surface area contributed by atoms with Crippen molar-refractivity contribution < 1.29 is 4.79 Å². The Balaban J connectivity index is 2.89. The second kappa shape index (κ2) is 9.05. The van der Waals surface area contributed by atoms with Crippen LogP contribution in [0.25, 0.3) is 0 Å². The lowest BCUT2D eigenvalue weighted by Gasteiger charge is -2.23. The van der Waals surface area contributed by atoms with Crippen LogP contribution in [0.4, 0.5) is 0 Å². The third-order valence-corrected chi connectivity index (χ3v) is 8.16. The molecule has 1 atom stereocenters. The lowest BCUT2D eigenvalue weighted by molar-refractivity contribution is 0.0944. The first-order valence-corrected chi connectivity index (χ1v) is 13.3. The van der Waals surface area contributed by atoms with Gasteiger partial charge in [-0.15, -0.1) is 10.8 Å². The number of carbonyl (C=O) groups excluding carboxylic acids is 1. The summed E-state index contributed by atoms with van der Waals surface area (Å²) in [5, 5.41) is 0. The maximum atomic E-state index is 13.0. The van der Waals surface area contributed by atoms with E-state index in [-0.39, 0.29) is 26.0 Å². The number of carbonyl (C=O) groups is 1. The van der Waals surface area contributed by atoms with Gasteiger partial charge in [0.25, 0.3) is 0 Å². The van der Waals surface area contributed by atoms with Crippen LogP contribution in [0.3, 0.4) is 0 Å². The molecule has 0 heterocycles. The van der Waals surface area contributed by atoms with E-state index in [1.807, 2.05) is 34.7 Å². The highest BCUT2D eigenvalue weighted by molar-refractivity contribution is 8.84. The summed E-state index contributed by atoms with van der Waals surface area (Å²) in [6, 6.07) is 8.26. The number of benzene rings is 1. The summed E-state index contributed by atoms with van der Waals surface area (Å²) in [5.74, 6) is 2.24. The fraction of sp³-hybridized carbons (Fsp3) is 0.650. The molecule has 0 aliphatic carbocycles. The van der Waals surface area contributed by atoms with Crippen LogP contribution in [-0.2, 0) is 5.41 Å². The molecule has 0 fully saturated rings. The minimum absolute atomic E-state index is 0.0309. The maximum Gasteiger partial charge on any atom is 0.167 e. The van der Waals surface area contributed by atoms with Crippen molar-refractivity contribution in [2.24, 2.45) is 5.92 Å². The van der Waals surface area contributed by atoms with Gasteiger partial charge >= 0.3 is 0 Å². The Morgan fingerprint density at radius 1 is 1.00 bits per heavy atom. The van der Waals surface area contributed by atoms with Gasteiger partial charge in [0.2, 0.25) is 0 Å². The summed E-state index contributed by atoms with van der Waals surface area (Å²) in [6.45, 7) is 13.3. The average molecular weight is 387 g/mol. The maximum absolute atomic E-state index is 13.0. The minimum Gasteiger partial charge on any atom is -0.294 e. The minimum atomic E-state index is -0.0309. The lowest BCUT2D eigenvalue weighted by Crippen LogP contribution is -2.23. The van der Waals surface area contributed by atoms with Crippen LogP contribution < -0.4 is 0 Å². The SMILES string of the molecule is C[SH](C)SCC(CSC(C)(C)C)C(=O)c1ccc(C(C)(C)C)cc1.